The van der Waals surface area contributed by atoms with Crippen molar-refractivity contribution in [3.63, 3.8) is 0 Å². The van der Waals surface area contributed by atoms with E-state index in [4.69, 9.17) is 16.1 Å². The number of aryl methyl sites for hydroxylation is 1. The van der Waals surface area contributed by atoms with Crippen molar-refractivity contribution in [3.05, 3.63) is 35.1 Å². The summed E-state index contributed by atoms with van der Waals surface area (Å²) in [5.41, 5.74) is 0.880. The van der Waals surface area contributed by atoms with Crippen molar-refractivity contribution in [2.75, 3.05) is 0 Å². The summed E-state index contributed by atoms with van der Waals surface area (Å²) in [4.78, 5) is 4.09. The zero-order chi connectivity index (χ0) is 9.26. The van der Waals surface area contributed by atoms with Crippen LogP contribution >= 0.6 is 11.6 Å². The van der Waals surface area contributed by atoms with Crippen molar-refractivity contribution in [2.45, 2.75) is 6.92 Å². The summed E-state index contributed by atoms with van der Waals surface area (Å²) in [6.45, 7) is 1.78. The third-order valence-corrected chi connectivity index (χ3v) is 1.87. The second-order valence-corrected chi connectivity index (χ2v) is 3.09. The molecule has 2 aromatic rings. The van der Waals surface area contributed by atoms with Crippen LogP contribution < -0.4 is 0 Å². The monoisotopic (exact) mass is 194 g/mol. The van der Waals surface area contributed by atoms with Crippen LogP contribution in [0.2, 0.25) is 5.02 Å². The van der Waals surface area contributed by atoms with E-state index < -0.39 is 0 Å². The lowest BCUT2D eigenvalue weighted by Gasteiger charge is -1.92. The van der Waals surface area contributed by atoms with Gasteiger partial charge in [0.15, 0.2) is 5.82 Å². The fraction of sp³-hybridized carbons (Fsp3) is 0.111. The molecule has 0 aliphatic carbocycles. The number of halogens is 1. The summed E-state index contributed by atoms with van der Waals surface area (Å²) in [5.74, 6) is 1.15. The van der Waals surface area contributed by atoms with Crippen LogP contribution in [0.3, 0.4) is 0 Å². The Morgan fingerprint density at radius 2 is 1.92 bits per heavy atom. The zero-order valence-corrected chi connectivity index (χ0v) is 7.75. The lowest BCUT2D eigenvalue weighted by Crippen LogP contribution is -1.77. The van der Waals surface area contributed by atoms with Crippen molar-refractivity contribution in [2.24, 2.45) is 0 Å². The first-order valence-electron chi connectivity index (χ1n) is 3.82. The molecule has 0 fully saturated rings. The molecule has 0 unspecified atom stereocenters. The molecule has 1 heterocycles. The molecule has 0 bridgehead atoms. The first kappa shape index (κ1) is 8.26. The molecule has 0 radical (unpaired) electrons. The minimum atomic E-state index is 0.522. The highest BCUT2D eigenvalue weighted by Crippen LogP contribution is 2.19. The maximum absolute atomic E-state index is 5.74. The van der Waals surface area contributed by atoms with Gasteiger partial charge in [-0.3, -0.25) is 0 Å². The Labute approximate surface area is 80.3 Å². The summed E-state index contributed by atoms with van der Waals surface area (Å²) < 4.78 is 4.99. The van der Waals surface area contributed by atoms with Crippen LogP contribution in [0.1, 0.15) is 5.82 Å². The Morgan fingerprint density at radius 3 is 2.46 bits per heavy atom. The maximum Gasteiger partial charge on any atom is 0.257 e. The first-order chi connectivity index (χ1) is 6.25. The first-order valence-corrected chi connectivity index (χ1v) is 4.20. The minimum absolute atomic E-state index is 0.522. The van der Waals surface area contributed by atoms with E-state index in [1.165, 1.54) is 0 Å². The van der Waals surface area contributed by atoms with E-state index in [0.717, 1.165) is 5.56 Å². The number of aromatic nitrogens is 2. The summed E-state index contributed by atoms with van der Waals surface area (Å²) in [6, 6.07) is 7.26. The molecule has 4 heteroatoms. The molecular weight excluding hydrogens is 188 g/mol. The molecule has 0 spiro atoms. The fourth-order valence-corrected chi connectivity index (χ4v) is 1.13. The molecule has 0 amide bonds. The standard InChI is InChI=1S/C9H7ClN2O/c1-6-11-9(13-12-6)7-2-4-8(10)5-3-7/h2-5H,1H3. The summed E-state index contributed by atoms with van der Waals surface area (Å²) in [5, 5.41) is 4.39. The highest BCUT2D eigenvalue weighted by Gasteiger charge is 2.04. The third-order valence-electron chi connectivity index (χ3n) is 1.62. The smallest absolute Gasteiger partial charge is 0.257 e. The predicted octanol–water partition coefficient (Wildman–Crippen LogP) is 2.70. The summed E-state index contributed by atoms with van der Waals surface area (Å²) in [6.07, 6.45) is 0. The SMILES string of the molecule is Cc1noc(-c2ccc(Cl)cc2)n1. The van der Waals surface area contributed by atoms with Gasteiger partial charge in [0.2, 0.25) is 0 Å². The van der Waals surface area contributed by atoms with Crippen LogP contribution in [-0.4, -0.2) is 10.1 Å². The Morgan fingerprint density at radius 1 is 1.23 bits per heavy atom. The number of hydrogen-bond acceptors (Lipinski definition) is 3. The van der Waals surface area contributed by atoms with E-state index in [9.17, 15) is 0 Å². The molecule has 66 valence electrons. The summed E-state index contributed by atoms with van der Waals surface area (Å²) >= 11 is 5.74. The molecule has 0 aliphatic rings. The van der Waals surface area contributed by atoms with Gasteiger partial charge in [-0.2, -0.15) is 4.98 Å². The third kappa shape index (κ3) is 1.70. The molecule has 0 saturated heterocycles. The largest absolute Gasteiger partial charge is 0.334 e. The van der Waals surface area contributed by atoms with Crippen molar-refractivity contribution in [1.29, 1.82) is 0 Å². The lowest BCUT2D eigenvalue weighted by molar-refractivity contribution is 0.425. The number of hydrogen-bond donors (Lipinski definition) is 0. The van der Waals surface area contributed by atoms with E-state index in [2.05, 4.69) is 10.1 Å². The van der Waals surface area contributed by atoms with Gasteiger partial charge in [0, 0.05) is 10.6 Å². The van der Waals surface area contributed by atoms with E-state index in [0.29, 0.717) is 16.7 Å². The maximum atomic E-state index is 5.74. The Bertz CT molecular complexity index is 408. The van der Waals surface area contributed by atoms with Crippen LogP contribution in [-0.2, 0) is 0 Å². The second kappa shape index (κ2) is 3.18. The van der Waals surface area contributed by atoms with Crippen molar-refractivity contribution in [3.8, 4) is 11.5 Å². The van der Waals surface area contributed by atoms with E-state index >= 15 is 0 Å². The second-order valence-electron chi connectivity index (χ2n) is 2.65. The van der Waals surface area contributed by atoms with Gasteiger partial charge in [-0.15, -0.1) is 0 Å². The molecule has 0 N–H and O–H groups in total. The highest BCUT2D eigenvalue weighted by molar-refractivity contribution is 6.30. The molecule has 3 nitrogen and oxygen atoms in total. The quantitative estimate of drug-likeness (QED) is 0.701. The minimum Gasteiger partial charge on any atom is -0.334 e. The van der Waals surface area contributed by atoms with Crippen LogP contribution in [0, 0.1) is 6.92 Å². The van der Waals surface area contributed by atoms with Gasteiger partial charge in [-0.05, 0) is 31.2 Å². The fourth-order valence-electron chi connectivity index (χ4n) is 1.01. The zero-order valence-electron chi connectivity index (χ0n) is 6.99. The Balaban J connectivity index is 2.41. The number of benzene rings is 1. The number of rotatable bonds is 1. The predicted molar refractivity (Wildman–Crippen MR) is 49.5 cm³/mol. The van der Waals surface area contributed by atoms with Gasteiger partial charge >= 0.3 is 0 Å². The Hall–Kier alpha value is -1.35. The topological polar surface area (TPSA) is 38.9 Å². The van der Waals surface area contributed by atoms with Crippen LogP contribution in [0.4, 0.5) is 0 Å². The van der Waals surface area contributed by atoms with Gasteiger partial charge in [0.1, 0.15) is 0 Å². The Kier molecular flexibility index (Phi) is 2.02. The van der Waals surface area contributed by atoms with Crippen molar-refractivity contribution >= 4 is 11.6 Å². The molecule has 2 rings (SSSR count). The van der Waals surface area contributed by atoms with Gasteiger partial charge in [-0.1, -0.05) is 16.8 Å². The normalized spacial score (nSPS) is 10.3. The molecule has 1 aromatic carbocycles. The van der Waals surface area contributed by atoms with E-state index in [1.54, 1.807) is 19.1 Å². The van der Waals surface area contributed by atoms with Gasteiger partial charge in [0.25, 0.3) is 5.89 Å². The average molecular weight is 195 g/mol. The van der Waals surface area contributed by atoms with Crippen LogP contribution in [0.5, 0.6) is 0 Å². The van der Waals surface area contributed by atoms with Crippen LogP contribution in [0.15, 0.2) is 28.8 Å². The van der Waals surface area contributed by atoms with Gasteiger partial charge in [-0.25, -0.2) is 0 Å². The molecular formula is C9H7ClN2O. The number of nitrogens with zero attached hydrogens (tertiary/aromatic N) is 2. The van der Waals surface area contributed by atoms with Gasteiger partial charge in [0.05, 0.1) is 0 Å². The van der Waals surface area contributed by atoms with Crippen LogP contribution in [0.25, 0.3) is 11.5 Å². The molecule has 0 atom stereocenters. The molecule has 13 heavy (non-hydrogen) atoms. The lowest BCUT2D eigenvalue weighted by atomic mass is 10.2. The summed E-state index contributed by atoms with van der Waals surface area (Å²) in [7, 11) is 0. The molecule has 1 aromatic heterocycles. The molecule has 0 aliphatic heterocycles. The highest BCUT2D eigenvalue weighted by atomic mass is 35.5. The van der Waals surface area contributed by atoms with E-state index in [-0.39, 0.29) is 0 Å². The van der Waals surface area contributed by atoms with Crippen molar-refractivity contribution < 1.29 is 4.52 Å². The average Bonchev–Trinajstić information content (AvgIpc) is 2.53. The molecule has 0 saturated carbocycles. The van der Waals surface area contributed by atoms with Crippen molar-refractivity contribution in [1.82, 2.24) is 10.1 Å². The van der Waals surface area contributed by atoms with Gasteiger partial charge < -0.3 is 4.52 Å². The van der Waals surface area contributed by atoms with E-state index in [1.807, 2.05) is 12.1 Å².